The van der Waals surface area contributed by atoms with Crippen LogP contribution < -0.4 is 4.90 Å². The highest BCUT2D eigenvalue weighted by atomic mass is 35.5. The van der Waals surface area contributed by atoms with Crippen LogP contribution in [0, 0.1) is 5.92 Å². The number of amides is 1. The highest BCUT2D eigenvalue weighted by molar-refractivity contribution is 6.18. The summed E-state index contributed by atoms with van der Waals surface area (Å²) in [6.45, 7) is 0.248. The minimum Gasteiger partial charge on any atom is -0.279 e. The molecular weight excluding hydrogens is 261 g/mol. The fourth-order valence-corrected chi connectivity index (χ4v) is 1.79. The van der Waals surface area contributed by atoms with Gasteiger partial charge in [-0.25, -0.2) is 0 Å². The number of alkyl halides is 4. The van der Waals surface area contributed by atoms with E-state index in [0.29, 0.717) is 0 Å². The van der Waals surface area contributed by atoms with Crippen LogP contribution in [0.2, 0.25) is 0 Å². The fraction of sp³-hybridized carbons (Fsp3) is 0.625. The second kappa shape index (κ2) is 4.17. The molecule has 0 spiro atoms. The molecule has 0 radical (unpaired) electrons. The van der Waals surface area contributed by atoms with Crippen molar-refractivity contribution in [3.8, 4) is 0 Å². The Balaban J connectivity index is 2.19. The summed E-state index contributed by atoms with van der Waals surface area (Å²) in [6.07, 6.45) is -4.39. The Kier molecular flexibility index (Phi) is 2.98. The Labute approximate surface area is 99.0 Å². The standard InChI is InChI=1S/C8H8ClF3N4O/c9-2-4-1-5(17)16(3-4)7-13-6(14-15-7)8(10,11)12/h4H,1-3H2,(H,13,14,15). The van der Waals surface area contributed by atoms with Gasteiger partial charge in [-0.3, -0.25) is 14.8 Å². The molecule has 1 aromatic heterocycles. The van der Waals surface area contributed by atoms with Gasteiger partial charge in [-0.05, 0) is 5.92 Å². The maximum atomic E-state index is 12.3. The summed E-state index contributed by atoms with van der Waals surface area (Å²) in [5.74, 6) is -1.58. The van der Waals surface area contributed by atoms with Gasteiger partial charge in [0, 0.05) is 18.8 Å². The minimum atomic E-state index is -4.60. The van der Waals surface area contributed by atoms with E-state index in [2.05, 4.69) is 10.1 Å². The molecule has 94 valence electrons. The SMILES string of the molecule is O=C1CC(CCl)CN1c1n[nH]c(C(F)(F)F)n1. The average Bonchev–Trinajstić information content (AvgIpc) is 2.82. The number of anilines is 1. The Bertz CT molecular complexity index is 433. The number of rotatable bonds is 2. The van der Waals surface area contributed by atoms with Gasteiger partial charge in [0.2, 0.25) is 11.7 Å². The zero-order valence-corrected chi connectivity index (χ0v) is 9.22. The minimum absolute atomic E-state index is 0.0722. The molecule has 1 N–H and O–H groups in total. The molecular formula is C8H8ClF3N4O. The second-order valence-electron chi connectivity index (χ2n) is 3.71. The molecule has 9 heteroatoms. The van der Waals surface area contributed by atoms with Crippen LogP contribution in [0.5, 0.6) is 0 Å². The third-order valence-electron chi connectivity index (χ3n) is 2.41. The van der Waals surface area contributed by atoms with Gasteiger partial charge in [-0.15, -0.1) is 16.7 Å². The smallest absolute Gasteiger partial charge is 0.279 e. The molecule has 0 aromatic carbocycles. The van der Waals surface area contributed by atoms with Gasteiger partial charge >= 0.3 is 6.18 Å². The molecule has 1 aliphatic heterocycles. The first kappa shape index (κ1) is 12.2. The number of aromatic nitrogens is 3. The third-order valence-corrected chi connectivity index (χ3v) is 2.84. The van der Waals surface area contributed by atoms with Crippen LogP contribution >= 0.6 is 11.6 Å². The summed E-state index contributed by atoms with van der Waals surface area (Å²) >= 11 is 5.60. The van der Waals surface area contributed by atoms with E-state index in [9.17, 15) is 18.0 Å². The molecule has 2 heterocycles. The van der Waals surface area contributed by atoms with Gasteiger partial charge in [0.05, 0.1) is 0 Å². The van der Waals surface area contributed by atoms with Crippen LogP contribution in [0.15, 0.2) is 0 Å². The number of halogens is 4. The molecule has 5 nitrogen and oxygen atoms in total. The van der Waals surface area contributed by atoms with Crippen LogP contribution in [0.4, 0.5) is 19.1 Å². The van der Waals surface area contributed by atoms with E-state index in [1.54, 1.807) is 5.10 Å². The molecule has 1 unspecified atom stereocenters. The number of nitrogens with zero attached hydrogens (tertiary/aromatic N) is 3. The maximum Gasteiger partial charge on any atom is 0.451 e. The first-order chi connectivity index (χ1) is 7.91. The van der Waals surface area contributed by atoms with E-state index in [1.807, 2.05) is 0 Å². The van der Waals surface area contributed by atoms with Gasteiger partial charge in [0.15, 0.2) is 0 Å². The highest BCUT2D eigenvalue weighted by Gasteiger charge is 2.38. The highest BCUT2D eigenvalue weighted by Crippen LogP contribution is 2.29. The first-order valence-corrected chi connectivity index (χ1v) is 5.31. The van der Waals surface area contributed by atoms with Crippen molar-refractivity contribution >= 4 is 23.5 Å². The zero-order chi connectivity index (χ0) is 12.6. The predicted octanol–water partition coefficient (Wildman–Crippen LogP) is 1.42. The number of carbonyl (C=O) groups is 1. The lowest BCUT2D eigenvalue weighted by Gasteiger charge is -2.10. The number of hydrogen-bond acceptors (Lipinski definition) is 3. The predicted molar refractivity (Wildman–Crippen MR) is 52.6 cm³/mol. The monoisotopic (exact) mass is 268 g/mol. The molecule has 1 amide bonds. The Morgan fingerprint density at radius 2 is 2.24 bits per heavy atom. The van der Waals surface area contributed by atoms with Crippen LogP contribution in [0.1, 0.15) is 12.2 Å². The average molecular weight is 269 g/mol. The van der Waals surface area contributed by atoms with E-state index in [-0.39, 0.29) is 36.6 Å². The molecule has 1 aromatic rings. The first-order valence-electron chi connectivity index (χ1n) is 4.77. The largest absolute Gasteiger partial charge is 0.451 e. The van der Waals surface area contributed by atoms with Gasteiger partial charge < -0.3 is 0 Å². The van der Waals surface area contributed by atoms with E-state index in [0.717, 1.165) is 4.90 Å². The lowest BCUT2D eigenvalue weighted by Crippen LogP contribution is -2.26. The van der Waals surface area contributed by atoms with Crippen molar-refractivity contribution in [2.45, 2.75) is 12.6 Å². The Morgan fingerprint density at radius 3 is 2.71 bits per heavy atom. The van der Waals surface area contributed by atoms with Crippen molar-refractivity contribution in [2.75, 3.05) is 17.3 Å². The van der Waals surface area contributed by atoms with Crippen molar-refractivity contribution in [1.82, 2.24) is 15.2 Å². The molecule has 2 rings (SSSR count). The van der Waals surface area contributed by atoms with Crippen molar-refractivity contribution in [3.05, 3.63) is 5.82 Å². The summed E-state index contributed by atoms with van der Waals surface area (Å²) in [5, 5.41) is 5.15. The fourth-order valence-electron chi connectivity index (χ4n) is 1.58. The number of hydrogen-bond donors (Lipinski definition) is 1. The second-order valence-corrected chi connectivity index (χ2v) is 4.02. The van der Waals surface area contributed by atoms with E-state index < -0.39 is 12.0 Å². The quantitative estimate of drug-likeness (QED) is 0.825. The van der Waals surface area contributed by atoms with E-state index in [4.69, 9.17) is 11.6 Å². The van der Waals surface area contributed by atoms with Crippen molar-refractivity contribution in [1.29, 1.82) is 0 Å². The van der Waals surface area contributed by atoms with Gasteiger partial charge in [-0.2, -0.15) is 18.2 Å². The molecule has 0 saturated carbocycles. The molecule has 1 aliphatic rings. The topological polar surface area (TPSA) is 61.9 Å². The summed E-state index contributed by atoms with van der Waals surface area (Å²) < 4.78 is 36.8. The lowest BCUT2D eigenvalue weighted by atomic mass is 10.2. The Morgan fingerprint density at radius 1 is 1.53 bits per heavy atom. The number of H-pyrrole nitrogens is 1. The lowest BCUT2D eigenvalue weighted by molar-refractivity contribution is -0.144. The van der Waals surface area contributed by atoms with Gasteiger partial charge in [0.1, 0.15) is 0 Å². The van der Waals surface area contributed by atoms with E-state index >= 15 is 0 Å². The Hall–Kier alpha value is -1.31. The van der Waals surface area contributed by atoms with E-state index in [1.165, 1.54) is 0 Å². The zero-order valence-electron chi connectivity index (χ0n) is 8.46. The summed E-state index contributed by atoms with van der Waals surface area (Å²) in [6, 6.07) is 0. The molecule has 0 bridgehead atoms. The maximum absolute atomic E-state index is 12.3. The van der Waals surface area contributed by atoms with Crippen molar-refractivity contribution in [3.63, 3.8) is 0 Å². The normalized spacial score (nSPS) is 21.3. The van der Waals surface area contributed by atoms with Crippen LogP contribution in [-0.2, 0) is 11.0 Å². The molecule has 1 fully saturated rings. The number of carbonyl (C=O) groups excluding carboxylic acids is 1. The van der Waals surface area contributed by atoms with Crippen LogP contribution in [0.25, 0.3) is 0 Å². The molecule has 1 saturated heterocycles. The van der Waals surface area contributed by atoms with Crippen molar-refractivity contribution in [2.24, 2.45) is 5.92 Å². The third kappa shape index (κ3) is 2.36. The summed E-state index contributed by atoms with van der Waals surface area (Å²) in [5.41, 5.74) is 0. The van der Waals surface area contributed by atoms with Gasteiger partial charge in [-0.1, -0.05) is 0 Å². The molecule has 17 heavy (non-hydrogen) atoms. The number of aromatic amines is 1. The molecule has 1 atom stereocenters. The summed E-state index contributed by atoms with van der Waals surface area (Å²) in [7, 11) is 0. The van der Waals surface area contributed by atoms with Crippen molar-refractivity contribution < 1.29 is 18.0 Å². The van der Waals surface area contributed by atoms with Crippen LogP contribution in [-0.4, -0.2) is 33.5 Å². The summed E-state index contributed by atoms with van der Waals surface area (Å²) in [4.78, 5) is 15.9. The number of nitrogens with one attached hydrogen (secondary N) is 1. The van der Waals surface area contributed by atoms with Crippen LogP contribution in [0.3, 0.4) is 0 Å². The van der Waals surface area contributed by atoms with Gasteiger partial charge in [0.25, 0.3) is 5.95 Å². The molecule has 0 aliphatic carbocycles.